The van der Waals surface area contributed by atoms with E-state index in [4.69, 9.17) is 4.74 Å². The second-order valence-corrected chi connectivity index (χ2v) is 8.37. The van der Waals surface area contributed by atoms with Crippen molar-refractivity contribution >= 4 is 33.2 Å². The molecule has 2 aromatic heterocycles. The average molecular weight is 445 g/mol. The van der Waals surface area contributed by atoms with Crippen LogP contribution in [-0.2, 0) is 6.42 Å². The number of hydrogen-bond donors (Lipinski definition) is 1. The normalized spacial score (nSPS) is 13.8. The van der Waals surface area contributed by atoms with Gasteiger partial charge in [-0.25, -0.2) is 4.39 Å². The monoisotopic (exact) mass is 445 g/mol. The lowest BCUT2D eigenvalue weighted by Gasteiger charge is -2.25. The molecule has 0 amide bonds. The molecule has 168 valence electrons. The molecular weight excluding hydrogens is 421 g/mol. The first-order valence-electron chi connectivity index (χ1n) is 11.2. The summed E-state index contributed by atoms with van der Waals surface area (Å²) in [7, 11) is 1.46. The van der Waals surface area contributed by atoms with Gasteiger partial charge in [-0.05, 0) is 58.8 Å². The Hall–Kier alpha value is -3.68. The highest BCUT2D eigenvalue weighted by atomic mass is 19.1. The first-order chi connectivity index (χ1) is 16.1. The molecule has 1 N–H and O–H groups in total. The molecular formula is C25H24FN5O2. The van der Waals surface area contributed by atoms with Crippen LogP contribution in [0.3, 0.4) is 0 Å². The van der Waals surface area contributed by atoms with Crippen molar-refractivity contribution in [3.63, 3.8) is 0 Å². The van der Waals surface area contributed by atoms with E-state index in [2.05, 4.69) is 25.4 Å². The van der Waals surface area contributed by atoms with Gasteiger partial charge < -0.3 is 10.1 Å². The van der Waals surface area contributed by atoms with Gasteiger partial charge >= 0.3 is 6.01 Å². The summed E-state index contributed by atoms with van der Waals surface area (Å²) in [5, 5.41) is 8.56. The third kappa shape index (κ3) is 3.75. The maximum absolute atomic E-state index is 16.0. The van der Waals surface area contributed by atoms with Crippen LogP contribution >= 0.6 is 0 Å². The standard InChI is InChI=1S/C25H24FN5O2/c1-3-15-8-5-9-16-10-17(31-32)11-18(20(15)16)22-21(26)23-19(13-27-22)24(30-25(29-23)33-2)28-12-14-6-4-7-14/h5,8-11,13-14H,3-4,6-7,12H2,1-2H3,(H,28,29,30). The number of nitrogens with one attached hydrogen (secondary N) is 1. The molecule has 0 radical (unpaired) electrons. The van der Waals surface area contributed by atoms with E-state index >= 15 is 4.39 Å². The van der Waals surface area contributed by atoms with Crippen molar-refractivity contribution in [3.05, 3.63) is 52.8 Å². The van der Waals surface area contributed by atoms with E-state index in [9.17, 15) is 4.91 Å². The van der Waals surface area contributed by atoms with E-state index in [1.165, 1.54) is 26.4 Å². The van der Waals surface area contributed by atoms with E-state index in [-0.39, 0.29) is 22.9 Å². The largest absolute Gasteiger partial charge is 0.467 e. The number of nitroso groups, excluding NO2 is 1. The highest BCUT2D eigenvalue weighted by Gasteiger charge is 2.22. The molecule has 1 fully saturated rings. The molecule has 0 bridgehead atoms. The van der Waals surface area contributed by atoms with Crippen LogP contribution in [0.25, 0.3) is 32.9 Å². The predicted molar refractivity (Wildman–Crippen MR) is 127 cm³/mol. The zero-order valence-electron chi connectivity index (χ0n) is 18.6. The number of benzene rings is 2. The van der Waals surface area contributed by atoms with E-state index in [1.54, 1.807) is 18.3 Å². The molecule has 0 unspecified atom stereocenters. The van der Waals surface area contributed by atoms with Crippen molar-refractivity contribution in [3.8, 4) is 17.3 Å². The van der Waals surface area contributed by atoms with Crippen LogP contribution < -0.4 is 10.1 Å². The Bertz CT molecular complexity index is 1370. The fourth-order valence-corrected chi connectivity index (χ4v) is 4.41. The zero-order valence-corrected chi connectivity index (χ0v) is 18.6. The summed E-state index contributed by atoms with van der Waals surface area (Å²) in [6.07, 6.45) is 5.92. The molecule has 1 saturated carbocycles. The predicted octanol–water partition coefficient (Wildman–Crippen LogP) is 6.17. The van der Waals surface area contributed by atoms with Gasteiger partial charge in [0.25, 0.3) is 0 Å². The van der Waals surface area contributed by atoms with Crippen molar-refractivity contribution in [2.75, 3.05) is 19.0 Å². The van der Waals surface area contributed by atoms with Gasteiger partial charge in [0, 0.05) is 18.3 Å². The van der Waals surface area contributed by atoms with Crippen LogP contribution in [0, 0.1) is 16.6 Å². The molecule has 0 spiro atoms. The minimum Gasteiger partial charge on any atom is -0.467 e. The van der Waals surface area contributed by atoms with E-state index in [0.29, 0.717) is 22.7 Å². The van der Waals surface area contributed by atoms with Gasteiger partial charge in [-0.2, -0.15) is 9.97 Å². The maximum atomic E-state index is 16.0. The number of nitrogens with zero attached hydrogens (tertiary/aromatic N) is 4. The second kappa shape index (κ2) is 8.69. The second-order valence-electron chi connectivity index (χ2n) is 8.37. The molecule has 1 aliphatic carbocycles. The van der Waals surface area contributed by atoms with Crippen molar-refractivity contribution in [1.82, 2.24) is 15.0 Å². The quantitative estimate of drug-likeness (QED) is 0.342. The number of fused-ring (bicyclic) bond motifs is 2. The van der Waals surface area contributed by atoms with Gasteiger partial charge in [0.05, 0.1) is 12.5 Å². The van der Waals surface area contributed by atoms with Crippen LogP contribution in [0.1, 0.15) is 31.7 Å². The van der Waals surface area contributed by atoms with Crippen molar-refractivity contribution in [2.24, 2.45) is 11.1 Å². The Balaban J connectivity index is 1.72. The van der Waals surface area contributed by atoms with Gasteiger partial charge in [0.1, 0.15) is 22.7 Å². The summed E-state index contributed by atoms with van der Waals surface area (Å²) >= 11 is 0. The van der Waals surface area contributed by atoms with E-state index < -0.39 is 5.82 Å². The third-order valence-electron chi connectivity index (χ3n) is 6.42. The van der Waals surface area contributed by atoms with Crippen LogP contribution in [0.15, 0.2) is 41.7 Å². The van der Waals surface area contributed by atoms with Crippen LogP contribution in [0.4, 0.5) is 15.9 Å². The van der Waals surface area contributed by atoms with Gasteiger partial charge in [-0.15, -0.1) is 4.91 Å². The Kier molecular flexibility index (Phi) is 5.58. The minimum absolute atomic E-state index is 0.0806. The topological polar surface area (TPSA) is 89.4 Å². The zero-order chi connectivity index (χ0) is 22.9. The number of aromatic nitrogens is 3. The number of rotatable bonds is 7. The molecule has 0 aliphatic heterocycles. The molecule has 0 atom stereocenters. The van der Waals surface area contributed by atoms with Crippen molar-refractivity contribution in [1.29, 1.82) is 0 Å². The summed E-state index contributed by atoms with van der Waals surface area (Å²) < 4.78 is 21.2. The van der Waals surface area contributed by atoms with Crippen LogP contribution in [0.2, 0.25) is 0 Å². The van der Waals surface area contributed by atoms with Gasteiger partial charge in [0.15, 0.2) is 5.82 Å². The summed E-state index contributed by atoms with van der Waals surface area (Å²) in [6.45, 7) is 2.79. The number of halogens is 1. The summed E-state index contributed by atoms with van der Waals surface area (Å²) in [6, 6.07) is 9.17. The SMILES string of the molecule is CCc1cccc2cc(N=O)cc(-c3ncc4c(NCC5CCC5)nc(OC)nc4c3F)c12. The lowest BCUT2D eigenvalue weighted by Crippen LogP contribution is -2.21. The lowest BCUT2D eigenvalue weighted by atomic mass is 9.85. The number of pyridine rings is 1. The van der Waals surface area contributed by atoms with Gasteiger partial charge in [-0.3, -0.25) is 4.98 Å². The van der Waals surface area contributed by atoms with Crippen molar-refractivity contribution < 1.29 is 9.13 Å². The molecule has 2 aromatic carbocycles. The number of aryl methyl sites for hydroxylation is 1. The van der Waals surface area contributed by atoms with Crippen LogP contribution in [-0.4, -0.2) is 28.6 Å². The summed E-state index contributed by atoms with van der Waals surface area (Å²) in [5.41, 5.74) is 2.00. The third-order valence-corrected chi connectivity index (χ3v) is 6.42. The van der Waals surface area contributed by atoms with E-state index in [0.717, 1.165) is 29.3 Å². The molecule has 5 rings (SSSR count). The molecule has 4 aromatic rings. The van der Waals surface area contributed by atoms with Gasteiger partial charge in [-0.1, -0.05) is 31.5 Å². The average Bonchev–Trinajstić information content (AvgIpc) is 2.82. The number of anilines is 1. The molecule has 33 heavy (non-hydrogen) atoms. The highest BCUT2D eigenvalue weighted by Crippen LogP contribution is 2.38. The molecule has 2 heterocycles. The fourth-order valence-electron chi connectivity index (χ4n) is 4.41. The maximum Gasteiger partial charge on any atom is 0.318 e. The summed E-state index contributed by atoms with van der Waals surface area (Å²) in [5.74, 6) is 0.509. The van der Waals surface area contributed by atoms with Gasteiger partial charge in [0.2, 0.25) is 0 Å². The minimum atomic E-state index is -0.588. The fraction of sp³-hybridized carbons (Fsp3) is 0.320. The molecule has 7 nitrogen and oxygen atoms in total. The Labute approximate surface area is 190 Å². The number of ether oxygens (including phenoxy) is 1. The van der Waals surface area contributed by atoms with Crippen molar-refractivity contribution in [2.45, 2.75) is 32.6 Å². The van der Waals surface area contributed by atoms with E-state index in [1.807, 2.05) is 25.1 Å². The molecule has 1 aliphatic rings. The lowest BCUT2D eigenvalue weighted by molar-refractivity contribution is 0.333. The smallest absolute Gasteiger partial charge is 0.318 e. The number of hydrogen-bond acceptors (Lipinski definition) is 7. The first kappa shape index (κ1) is 21.2. The van der Waals surface area contributed by atoms with Crippen LogP contribution in [0.5, 0.6) is 6.01 Å². The summed E-state index contributed by atoms with van der Waals surface area (Å²) in [4.78, 5) is 24.5. The molecule has 8 heteroatoms. The Morgan fingerprint density at radius 2 is 2.09 bits per heavy atom. The Morgan fingerprint density at radius 3 is 2.79 bits per heavy atom. The number of methoxy groups -OCH3 is 1. The highest BCUT2D eigenvalue weighted by molar-refractivity contribution is 6.02. The Morgan fingerprint density at radius 1 is 1.24 bits per heavy atom. The molecule has 0 saturated heterocycles. The first-order valence-corrected chi connectivity index (χ1v) is 11.2.